The molecule has 1 amide bonds. The third-order valence-electron chi connectivity index (χ3n) is 3.41. The van der Waals surface area contributed by atoms with Gasteiger partial charge in [0, 0.05) is 24.7 Å². The first-order valence-electron chi connectivity index (χ1n) is 6.55. The van der Waals surface area contributed by atoms with E-state index in [9.17, 15) is 18.0 Å². The standard InChI is InChI=1S/C12H17N3O5S/c16-11(3-8-1-2-21(19,20)6-8)15-10(12(17)18)4-9-5-13-7-14-9/h5,7-8,10H,1-4,6H2,(H,13,14)(H,15,16)(H,17,18)/t8?,10-/m1/s1. The number of aromatic nitrogens is 2. The quantitative estimate of drug-likeness (QED) is 0.639. The lowest BCUT2D eigenvalue weighted by Gasteiger charge is -2.15. The van der Waals surface area contributed by atoms with Gasteiger partial charge in [0.1, 0.15) is 6.04 Å². The van der Waals surface area contributed by atoms with Gasteiger partial charge >= 0.3 is 5.97 Å². The van der Waals surface area contributed by atoms with Gasteiger partial charge in [-0.3, -0.25) is 4.79 Å². The van der Waals surface area contributed by atoms with Crippen LogP contribution in [-0.4, -0.2) is 52.9 Å². The monoisotopic (exact) mass is 315 g/mol. The van der Waals surface area contributed by atoms with Gasteiger partial charge in [-0.15, -0.1) is 0 Å². The van der Waals surface area contributed by atoms with Crippen LogP contribution in [0.2, 0.25) is 0 Å². The van der Waals surface area contributed by atoms with Crippen LogP contribution in [0.15, 0.2) is 12.5 Å². The average Bonchev–Trinajstić information content (AvgIpc) is 2.98. The van der Waals surface area contributed by atoms with Gasteiger partial charge < -0.3 is 15.4 Å². The van der Waals surface area contributed by atoms with Gasteiger partial charge in [-0.05, 0) is 12.3 Å². The number of imidazole rings is 1. The van der Waals surface area contributed by atoms with Crippen molar-refractivity contribution in [1.29, 1.82) is 0 Å². The third kappa shape index (κ3) is 4.55. The van der Waals surface area contributed by atoms with E-state index in [1.165, 1.54) is 12.5 Å². The van der Waals surface area contributed by atoms with Gasteiger partial charge in [0.2, 0.25) is 5.91 Å². The molecule has 0 spiro atoms. The molecule has 0 aromatic carbocycles. The number of amides is 1. The minimum absolute atomic E-state index is 0.00128. The summed E-state index contributed by atoms with van der Waals surface area (Å²) in [4.78, 5) is 29.6. The molecule has 2 rings (SSSR count). The number of H-pyrrole nitrogens is 1. The summed E-state index contributed by atoms with van der Waals surface area (Å²) >= 11 is 0. The molecular formula is C12H17N3O5S. The Labute approximate surface area is 121 Å². The number of aromatic amines is 1. The highest BCUT2D eigenvalue weighted by Gasteiger charge is 2.30. The molecule has 21 heavy (non-hydrogen) atoms. The van der Waals surface area contributed by atoms with Crippen LogP contribution in [0.5, 0.6) is 0 Å². The first kappa shape index (κ1) is 15.5. The zero-order valence-corrected chi connectivity index (χ0v) is 12.1. The molecule has 1 aromatic heterocycles. The van der Waals surface area contributed by atoms with Gasteiger partial charge in [-0.1, -0.05) is 0 Å². The molecule has 0 bridgehead atoms. The highest BCUT2D eigenvalue weighted by Crippen LogP contribution is 2.21. The van der Waals surface area contributed by atoms with E-state index in [0.29, 0.717) is 12.1 Å². The van der Waals surface area contributed by atoms with E-state index in [2.05, 4.69) is 15.3 Å². The fourth-order valence-corrected chi connectivity index (χ4v) is 4.23. The lowest BCUT2D eigenvalue weighted by molar-refractivity contribution is -0.141. The molecule has 3 N–H and O–H groups in total. The maximum atomic E-state index is 11.9. The highest BCUT2D eigenvalue weighted by molar-refractivity contribution is 7.91. The zero-order valence-electron chi connectivity index (χ0n) is 11.3. The Hall–Kier alpha value is -1.90. The van der Waals surface area contributed by atoms with Crippen LogP contribution in [0.4, 0.5) is 0 Å². The number of aliphatic carboxylic acids is 1. The van der Waals surface area contributed by atoms with Crippen LogP contribution < -0.4 is 5.32 Å². The lowest BCUT2D eigenvalue weighted by atomic mass is 10.0. The van der Waals surface area contributed by atoms with E-state index in [0.717, 1.165) is 0 Å². The van der Waals surface area contributed by atoms with Gasteiger partial charge in [0.05, 0.1) is 17.8 Å². The molecule has 2 atom stereocenters. The number of carboxylic acid groups (broad SMARTS) is 1. The second kappa shape index (κ2) is 6.25. The normalized spacial score (nSPS) is 21.8. The molecule has 9 heteroatoms. The molecule has 116 valence electrons. The number of carboxylic acids is 1. The van der Waals surface area contributed by atoms with E-state index >= 15 is 0 Å². The Morgan fingerprint density at radius 3 is 2.81 bits per heavy atom. The second-order valence-electron chi connectivity index (χ2n) is 5.21. The van der Waals surface area contributed by atoms with Crippen LogP contribution in [0, 0.1) is 5.92 Å². The average molecular weight is 315 g/mol. The summed E-state index contributed by atoms with van der Waals surface area (Å²) in [6, 6.07) is -1.06. The van der Waals surface area contributed by atoms with E-state index < -0.39 is 27.8 Å². The van der Waals surface area contributed by atoms with Crippen LogP contribution in [-0.2, 0) is 25.8 Å². The second-order valence-corrected chi connectivity index (χ2v) is 7.44. The fraction of sp³-hybridized carbons (Fsp3) is 0.583. The molecule has 0 aliphatic carbocycles. The Morgan fingerprint density at radius 2 is 2.29 bits per heavy atom. The number of nitrogens with zero attached hydrogens (tertiary/aromatic N) is 1. The third-order valence-corrected chi connectivity index (χ3v) is 5.25. The number of rotatable bonds is 6. The molecule has 0 saturated carbocycles. The first-order valence-corrected chi connectivity index (χ1v) is 8.38. The van der Waals surface area contributed by atoms with Crippen molar-refractivity contribution in [3.63, 3.8) is 0 Å². The lowest BCUT2D eigenvalue weighted by Crippen LogP contribution is -2.43. The van der Waals surface area contributed by atoms with Crippen molar-refractivity contribution in [1.82, 2.24) is 15.3 Å². The van der Waals surface area contributed by atoms with Crippen molar-refractivity contribution in [2.75, 3.05) is 11.5 Å². The number of carbonyl (C=O) groups excluding carboxylic acids is 1. The van der Waals surface area contributed by atoms with Crippen LogP contribution >= 0.6 is 0 Å². The van der Waals surface area contributed by atoms with Gasteiger partial charge in [-0.25, -0.2) is 18.2 Å². The molecule has 1 unspecified atom stereocenters. The van der Waals surface area contributed by atoms with E-state index in [4.69, 9.17) is 5.11 Å². The number of hydrogen-bond acceptors (Lipinski definition) is 5. The van der Waals surface area contributed by atoms with Crippen molar-refractivity contribution in [2.24, 2.45) is 5.92 Å². The summed E-state index contributed by atoms with van der Waals surface area (Å²) in [6.45, 7) is 0. The number of nitrogens with one attached hydrogen (secondary N) is 2. The van der Waals surface area contributed by atoms with Crippen molar-refractivity contribution < 1.29 is 23.1 Å². The molecule has 1 aromatic rings. The molecule has 0 radical (unpaired) electrons. The predicted molar refractivity (Wildman–Crippen MR) is 73.2 cm³/mol. The van der Waals surface area contributed by atoms with E-state index in [1.54, 1.807) is 0 Å². The van der Waals surface area contributed by atoms with Crippen molar-refractivity contribution >= 4 is 21.7 Å². The van der Waals surface area contributed by atoms with Gasteiger partial charge in [-0.2, -0.15) is 0 Å². The van der Waals surface area contributed by atoms with E-state index in [-0.39, 0.29) is 30.3 Å². The highest BCUT2D eigenvalue weighted by atomic mass is 32.2. The SMILES string of the molecule is O=C(CC1CCS(=O)(=O)C1)N[C@H](Cc1cnc[nH]1)C(=O)O. The van der Waals surface area contributed by atoms with Crippen LogP contribution in [0.25, 0.3) is 0 Å². The number of hydrogen-bond donors (Lipinski definition) is 3. The summed E-state index contributed by atoms with van der Waals surface area (Å²) in [6.07, 6.45) is 3.51. The summed E-state index contributed by atoms with van der Waals surface area (Å²) in [7, 11) is -3.04. The maximum Gasteiger partial charge on any atom is 0.326 e. The minimum atomic E-state index is -3.04. The number of carbonyl (C=O) groups is 2. The first-order chi connectivity index (χ1) is 9.85. The minimum Gasteiger partial charge on any atom is -0.480 e. The Kier molecular flexibility index (Phi) is 4.61. The molecular weight excluding hydrogens is 298 g/mol. The van der Waals surface area contributed by atoms with Crippen molar-refractivity contribution in [3.8, 4) is 0 Å². The molecule has 1 fully saturated rings. The summed E-state index contributed by atoms with van der Waals surface area (Å²) < 4.78 is 22.7. The topological polar surface area (TPSA) is 129 Å². The Bertz CT molecular complexity index is 611. The summed E-state index contributed by atoms with van der Waals surface area (Å²) in [5.41, 5.74) is 0.603. The Morgan fingerprint density at radius 1 is 1.52 bits per heavy atom. The predicted octanol–water partition coefficient (Wildman–Crippen LogP) is -0.654. The summed E-state index contributed by atoms with van der Waals surface area (Å²) in [5.74, 6) is -1.71. The maximum absolute atomic E-state index is 11.9. The fourth-order valence-electron chi connectivity index (χ4n) is 2.36. The van der Waals surface area contributed by atoms with Crippen molar-refractivity contribution in [3.05, 3.63) is 18.2 Å². The van der Waals surface area contributed by atoms with Crippen molar-refractivity contribution in [2.45, 2.75) is 25.3 Å². The number of sulfone groups is 1. The molecule has 1 saturated heterocycles. The largest absolute Gasteiger partial charge is 0.480 e. The molecule has 1 aliphatic rings. The molecule has 8 nitrogen and oxygen atoms in total. The van der Waals surface area contributed by atoms with Gasteiger partial charge in [0.15, 0.2) is 9.84 Å². The van der Waals surface area contributed by atoms with Gasteiger partial charge in [0.25, 0.3) is 0 Å². The Balaban J connectivity index is 1.88. The zero-order chi connectivity index (χ0) is 15.5. The molecule has 2 heterocycles. The summed E-state index contributed by atoms with van der Waals surface area (Å²) in [5, 5.41) is 11.5. The van der Waals surface area contributed by atoms with Crippen LogP contribution in [0.3, 0.4) is 0 Å². The molecule has 1 aliphatic heterocycles. The van der Waals surface area contributed by atoms with Crippen LogP contribution in [0.1, 0.15) is 18.5 Å². The van der Waals surface area contributed by atoms with E-state index in [1.807, 2.05) is 0 Å². The smallest absolute Gasteiger partial charge is 0.326 e.